The summed E-state index contributed by atoms with van der Waals surface area (Å²) in [4.78, 5) is 0. The molecule has 0 aliphatic heterocycles. The topological polar surface area (TPSA) is 22.4 Å². The van der Waals surface area contributed by atoms with E-state index in [0.717, 1.165) is 23.1 Å². The van der Waals surface area contributed by atoms with Crippen LogP contribution >= 0.6 is 0 Å². The third-order valence-electron chi connectivity index (χ3n) is 3.06. The molecule has 89 valence electrons. The minimum Gasteiger partial charge on any atom is -0.497 e. The molecule has 0 fully saturated rings. The van der Waals surface area contributed by atoms with E-state index in [1.807, 2.05) is 30.3 Å². The predicted molar refractivity (Wildman–Crippen MR) is 70.9 cm³/mol. The van der Waals surface area contributed by atoms with Gasteiger partial charge in [0.15, 0.2) is 6.26 Å². The van der Waals surface area contributed by atoms with E-state index in [1.165, 1.54) is 11.1 Å². The highest BCUT2D eigenvalue weighted by molar-refractivity contribution is 5.80. The Morgan fingerprint density at radius 1 is 1.11 bits per heavy atom. The summed E-state index contributed by atoms with van der Waals surface area (Å²) in [5.74, 6) is 0.878. The third-order valence-corrected chi connectivity index (χ3v) is 3.06. The van der Waals surface area contributed by atoms with E-state index < -0.39 is 0 Å². The number of hydrogen-bond acceptors (Lipinski definition) is 2. The van der Waals surface area contributed by atoms with Crippen molar-refractivity contribution in [2.75, 3.05) is 7.11 Å². The number of methoxy groups -OCH3 is 1. The Labute approximate surface area is 106 Å². The van der Waals surface area contributed by atoms with Crippen molar-refractivity contribution >= 4 is 11.0 Å². The Morgan fingerprint density at radius 2 is 1.94 bits per heavy atom. The molecular weight excluding hydrogens is 224 g/mol. The number of hydrogen-bond donors (Lipinski definition) is 0. The molecule has 0 unspecified atom stereocenters. The molecule has 0 aliphatic rings. The summed E-state index contributed by atoms with van der Waals surface area (Å²) < 4.78 is 10.6. The van der Waals surface area contributed by atoms with Crippen molar-refractivity contribution < 1.29 is 9.15 Å². The Bertz CT molecular complexity index is 650. The molecule has 0 saturated carbocycles. The highest BCUT2D eigenvalue weighted by Crippen LogP contribution is 2.22. The fraction of sp³-hybridized carbons (Fsp3) is 0.125. The number of benzene rings is 2. The van der Waals surface area contributed by atoms with Crippen molar-refractivity contribution in [2.24, 2.45) is 0 Å². The second-order valence-corrected chi connectivity index (χ2v) is 4.22. The molecule has 1 heterocycles. The van der Waals surface area contributed by atoms with Crippen molar-refractivity contribution in [3.8, 4) is 5.75 Å². The maximum absolute atomic E-state index is 5.42. The zero-order valence-corrected chi connectivity index (χ0v) is 10.1. The Hall–Kier alpha value is -2.22. The van der Waals surface area contributed by atoms with Crippen LogP contribution < -0.4 is 4.74 Å². The van der Waals surface area contributed by atoms with Crippen molar-refractivity contribution in [3.63, 3.8) is 0 Å². The van der Waals surface area contributed by atoms with Crippen molar-refractivity contribution in [2.45, 2.75) is 6.42 Å². The molecule has 3 aromatic rings. The minimum absolute atomic E-state index is 0.850. The first-order chi connectivity index (χ1) is 8.86. The summed E-state index contributed by atoms with van der Waals surface area (Å²) in [6, 6.07) is 16.1. The van der Waals surface area contributed by atoms with Crippen LogP contribution in [-0.4, -0.2) is 7.11 Å². The molecule has 1 radical (unpaired) electrons. The lowest BCUT2D eigenvalue weighted by Crippen LogP contribution is -1.89. The van der Waals surface area contributed by atoms with Crippen molar-refractivity contribution in [3.05, 3.63) is 65.9 Å². The van der Waals surface area contributed by atoms with Crippen LogP contribution in [0.15, 0.2) is 52.9 Å². The van der Waals surface area contributed by atoms with Crippen LogP contribution in [0.1, 0.15) is 11.1 Å². The van der Waals surface area contributed by atoms with Crippen LogP contribution in [0.4, 0.5) is 0 Å². The molecule has 0 aliphatic carbocycles. The Balaban J connectivity index is 1.93. The van der Waals surface area contributed by atoms with Crippen LogP contribution in [0, 0.1) is 6.26 Å². The van der Waals surface area contributed by atoms with Gasteiger partial charge >= 0.3 is 0 Å². The summed E-state index contributed by atoms with van der Waals surface area (Å²) in [5.41, 5.74) is 3.34. The average molecular weight is 237 g/mol. The van der Waals surface area contributed by atoms with Gasteiger partial charge < -0.3 is 9.15 Å². The first-order valence-electron chi connectivity index (χ1n) is 5.87. The Kier molecular flexibility index (Phi) is 2.77. The quantitative estimate of drug-likeness (QED) is 0.690. The van der Waals surface area contributed by atoms with Gasteiger partial charge in [0, 0.05) is 11.8 Å². The predicted octanol–water partition coefficient (Wildman–Crippen LogP) is 3.83. The van der Waals surface area contributed by atoms with Crippen molar-refractivity contribution in [1.82, 2.24) is 0 Å². The summed E-state index contributed by atoms with van der Waals surface area (Å²) in [5, 5.41) is 1.10. The van der Waals surface area contributed by atoms with Crippen LogP contribution in [0.5, 0.6) is 5.75 Å². The zero-order chi connectivity index (χ0) is 12.4. The Morgan fingerprint density at radius 3 is 2.72 bits per heavy atom. The van der Waals surface area contributed by atoms with Gasteiger partial charge in [0.1, 0.15) is 11.3 Å². The fourth-order valence-corrected chi connectivity index (χ4v) is 2.10. The molecule has 0 N–H and O–H groups in total. The second kappa shape index (κ2) is 4.57. The van der Waals surface area contributed by atoms with Crippen LogP contribution in [0.25, 0.3) is 11.0 Å². The first-order valence-corrected chi connectivity index (χ1v) is 5.87. The number of ether oxygens (including phenoxy) is 1. The van der Waals surface area contributed by atoms with Gasteiger partial charge in [0.05, 0.1) is 7.11 Å². The summed E-state index contributed by atoms with van der Waals surface area (Å²) in [6.07, 6.45) is 3.64. The molecule has 2 heteroatoms. The lowest BCUT2D eigenvalue weighted by molar-refractivity contribution is 0.414. The average Bonchev–Trinajstić information content (AvgIpc) is 2.89. The molecule has 2 aromatic carbocycles. The number of para-hydroxylation sites is 1. The van der Waals surface area contributed by atoms with E-state index in [2.05, 4.69) is 24.5 Å². The van der Waals surface area contributed by atoms with E-state index in [-0.39, 0.29) is 0 Å². The molecule has 0 atom stereocenters. The van der Waals surface area contributed by atoms with Crippen molar-refractivity contribution in [1.29, 1.82) is 0 Å². The summed E-state index contributed by atoms with van der Waals surface area (Å²) in [7, 11) is 1.68. The standard InChI is InChI=1S/C16H13O2/c1-17-15-7-5-12(6-8-15)11-14-4-2-3-13-9-10-18-16(13)14/h2-9H,11H2,1H3. The number of furan rings is 1. The van der Waals surface area contributed by atoms with Gasteiger partial charge in [-0.15, -0.1) is 0 Å². The van der Waals surface area contributed by atoms with Gasteiger partial charge in [-0.1, -0.05) is 30.3 Å². The van der Waals surface area contributed by atoms with Crippen LogP contribution in [-0.2, 0) is 6.42 Å². The van der Waals surface area contributed by atoms with Gasteiger partial charge in [-0.25, -0.2) is 0 Å². The van der Waals surface area contributed by atoms with Crippen LogP contribution in [0.2, 0.25) is 0 Å². The maximum atomic E-state index is 5.42. The molecule has 3 rings (SSSR count). The molecule has 0 spiro atoms. The molecule has 1 aromatic heterocycles. The number of fused-ring (bicyclic) bond motifs is 1. The van der Waals surface area contributed by atoms with Gasteiger partial charge in [0.25, 0.3) is 0 Å². The fourth-order valence-electron chi connectivity index (χ4n) is 2.10. The van der Waals surface area contributed by atoms with E-state index in [4.69, 9.17) is 9.15 Å². The highest BCUT2D eigenvalue weighted by Gasteiger charge is 2.05. The smallest absolute Gasteiger partial charge is 0.170 e. The van der Waals surface area contributed by atoms with E-state index in [1.54, 1.807) is 7.11 Å². The maximum Gasteiger partial charge on any atom is 0.170 e. The van der Waals surface area contributed by atoms with Gasteiger partial charge in [-0.05, 0) is 29.3 Å². The highest BCUT2D eigenvalue weighted by atomic mass is 16.5. The second-order valence-electron chi connectivity index (χ2n) is 4.22. The molecular formula is C16H13O2. The molecule has 0 amide bonds. The summed E-state index contributed by atoms with van der Waals surface area (Å²) >= 11 is 0. The van der Waals surface area contributed by atoms with Crippen LogP contribution in [0.3, 0.4) is 0 Å². The van der Waals surface area contributed by atoms with Gasteiger partial charge in [-0.2, -0.15) is 0 Å². The first kappa shape index (κ1) is 10.9. The molecule has 0 saturated heterocycles. The number of rotatable bonds is 3. The van der Waals surface area contributed by atoms with Gasteiger partial charge in [0.2, 0.25) is 0 Å². The molecule has 18 heavy (non-hydrogen) atoms. The monoisotopic (exact) mass is 237 g/mol. The third kappa shape index (κ3) is 1.97. The van der Waals surface area contributed by atoms with E-state index in [0.29, 0.717) is 0 Å². The van der Waals surface area contributed by atoms with E-state index in [9.17, 15) is 0 Å². The lowest BCUT2D eigenvalue weighted by Gasteiger charge is -2.04. The normalized spacial score (nSPS) is 10.7. The molecule has 2 nitrogen and oxygen atoms in total. The minimum atomic E-state index is 0.850. The SMILES string of the molecule is COc1ccc(Cc2cccc3c[c]oc23)cc1. The lowest BCUT2D eigenvalue weighted by atomic mass is 10.0. The largest absolute Gasteiger partial charge is 0.497 e. The summed E-state index contributed by atoms with van der Waals surface area (Å²) in [6.45, 7) is 0. The van der Waals surface area contributed by atoms with E-state index >= 15 is 0 Å². The zero-order valence-electron chi connectivity index (χ0n) is 10.1. The molecule has 0 bridgehead atoms. The van der Waals surface area contributed by atoms with Gasteiger partial charge in [-0.3, -0.25) is 0 Å².